The second-order valence-corrected chi connectivity index (χ2v) is 4.42. The number of nitrogens with two attached hydrogens (primary N) is 1. The van der Waals surface area contributed by atoms with Crippen molar-refractivity contribution in [3.05, 3.63) is 0 Å². The zero-order valence-electron chi connectivity index (χ0n) is 10.4. The van der Waals surface area contributed by atoms with Crippen molar-refractivity contribution in [2.45, 2.75) is 24.4 Å². The third-order valence-corrected chi connectivity index (χ3v) is 1.74. The van der Waals surface area contributed by atoms with Crippen molar-refractivity contribution in [3.63, 3.8) is 0 Å². The van der Waals surface area contributed by atoms with Gasteiger partial charge in [0.2, 0.25) is 0 Å². The van der Waals surface area contributed by atoms with Gasteiger partial charge in [0.05, 0.1) is 12.7 Å². The quantitative estimate of drug-likeness (QED) is 0.186. The van der Waals surface area contributed by atoms with Gasteiger partial charge in [-0.1, -0.05) is 12.2 Å². The van der Waals surface area contributed by atoms with Crippen LogP contribution in [-0.4, -0.2) is 74.5 Å². The molecule has 0 amide bonds. The Balaban J connectivity index is -0.000000165. The number of nitrogens with one attached hydrogen (secondary N) is 1. The van der Waals surface area contributed by atoms with Crippen molar-refractivity contribution >= 4 is 56.2 Å². The number of aliphatic hydroxyl groups is 5. The summed E-state index contributed by atoms with van der Waals surface area (Å²) in [7, 11) is 1.57. The van der Waals surface area contributed by atoms with Crippen molar-refractivity contribution < 1.29 is 25.5 Å². The Bertz CT molecular complexity index is 212. The van der Waals surface area contributed by atoms with Crippen molar-refractivity contribution in [2.75, 3.05) is 20.2 Å². The first-order chi connectivity index (χ1) is 7.77. The van der Waals surface area contributed by atoms with Crippen molar-refractivity contribution in [1.82, 2.24) is 5.32 Å². The summed E-state index contributed by atoms with van der Waals surface area (Å²) in [4.78, 5) is 0. The Kier molecular flexibility index (Phi) is 24.6. The van der Waals surface area contributed by atoms with Crippen LogP contribution in [-0.2, 0) is 0 Å². The highest BCUT2D eigenvalue weighted by Gasteiger charge is 2.29. The molecule has 0 bridgehead atoms. The molecule has 0 spiro atoms. The average Bonchev–Trinajstić information content (AvgIpc) is 2.25. The zero-order valence-corrected chi connectivity index (χ0v) is 14.1. The van der Waals surface area contributed by atoms with E-state index in [1.807, 2.05) is 0 Å². The van der Waals surface area contributed by atoms with Gasteiger partial charge in [-0.05, 0) is 7.05 Å². The number of rotatable bonds is 6. The van der Waals surface area contributed by atoms with E-state index in [1.165, 1.54) is 0 Å². The molecule has 0 aliphatic carbocycles. The standard InChI is InChI=1S/C7H17NO5.CH3NS2.2H2S/c1-8-2-4(10)6(12)7(13)5(11)3-9;2-1(3)4;;/h4-13H,2-3H2,1H3;(H3,2,3,4);2*1H2/t4-,5+,6+,7+;;;/m0.../s1. The van der Waals surface area contributed by atoms with Gasteiger partial charge in [0.1, 0.15) is 22.6 Å². The normalized spacial score (nSPS) is 15.5. The number of hydrogen-bond donors (Lipinski definition) is 8. The fraction of sp³-hybridized carbons (Fsp3) is 0.875. The minimum absolute atomic E-state index is 0. The summed E-state index contributed by atoms with van der Waals surface area (Å²) in [6, 6.07) is 0. The molecule has 11 heteroatoms. The van der Waals surface area contributed by atoms with Gasteiger partial charge in [-0.2, -0.15) is 27.0 Å². The Morgan fingerprint density at radius 1 is 1.16 bits per heavy atom. The predicted octanol–water partition coefficient (Wildman–Crippen LogP) is -2.97. The molecule has 0 saturated heterocycles. The van der Waals surface area contributed by atoms with Crippen LogP contribution in [0, 0.1) is 0 Å². The van der Waals surface area contributed by atoms with E-state index in [2.05, 4.69) is 30.2 Å². The van der Waals surface area contributed by atoms with Crippen LogP contribution in [0.1, 0.15) is 0 Å². The van der Waals surface area contributed by atoms with Gasteiger partial charge in [0.15, 0.2) is 0 Å². The summed E-state index contributed by atoms with van der Waals surface area (Å²) in [6.07, 6.45) is -5.65. The largest absolute Gasteiger partial charge is 0.394 e. The van der Waals surface area contributed by atoms with Crippen LogP contribution in [0.25, 0.3) is 0 Å². The van der Waals surface area contributed by atoms with Gasteiger partial charge in [-0.15, -0.1) is 12.6 Å². The van der Waals surface area contributed by atoms with E-state index in [0.717, 1.165) is 0 Å². The molecule has 0 aromatic rings. The summed E-state index contributed by atoms with van der Waals surface area (Å²) < 4.78 is 0.194. The maximum atomic E-state index is 9.21. The fourth-order valence-electron chi connectivity index (χ4n) is 0.893. The summed E-state index contributed by atoms with van der Waals surface area (Å²) in [5, 5.41) is 47.5. The first kappa shape index (κ1) is 27.9. The topological polar surface area (TPSA) is 139 Å². The third kappa shape index (κ3) is 16.6. The summed E-state index contributed by atoms with van der Waals surface area (Å²) in [5.74, 6) is 0. The molecule has 0 saturated carbocycles. The molecule has 0 heterocycles. The monoisotopic (exact) mass is 356 g/mol. The van der Waals surface area contributed by atoms with Gasteiger partial charge in [0.25, 0.3) is 0 Å². The zero-order chi connectivity index (χ0) is 14.0. The molecule has 0 radical (unpaired) electrons. The first-order valence-electron chi connectivity index (χ1n) is 4.74. The third-order valence-electron chi connectivity index (χ3n) is 1.74. The average molecular weight is 357 g/mol. The number of hydrogen-bond acceptors (Lipinski definition) is 7. The molecule has 8 N–H and O–H groups in total. The van der Waals surface area contributed by atoms with Gasteiger partial charge >= 0.3 is 0 Å². The highest BCUT2D eigenvalue weighted by atomic mass is 32.1. The smallest absolute Gasteiger partial charge is 0.128 e. The maximum absolute atomic E-state index is 9.21. The Labute approximate surface area is 137 Å². The predicted molar refractivity (Wildman–Crippen MR) is 91.6 cm³/mol. The van der Waals surface area contributed by atoms with Crippen LogP contribution in [0.5, 0.6) is 0 Å². The molecule has 4 atom stereocenters. The van der Waals surface area contributed by atoms with Crippen LogP contribution in [0.2, 0.25) is 0 Å². The second-order valence-electron chi connectivity index (χ2n) is 3.19. The van der Waals surface area contributed by atoms with E-state index in [0.29, 0.717) is 0 Å². The lowest BCUT2D eigenvalue weighted by molar-refractivity contribution is -0.113. The van der Waals surface area contributed by atoms with Gasteiger partial charge in [-0.3, -0.25) is 0 Å². The van der Waals surface area contributed by atoms with Crippen molar-refractivity contribution in [1.29, 1.82) is 0 Å². The maximum Gasteiger partial charge on any atom is 0.128 e. The fourth-order valence-corrected chi connectivity index (χ4v) is 0.893. The van der Waals surface area contributed by atoms with Crippen LogP contribution in [0.4, 0.5) is 0 Å². The molecule has 120 valence electrons. The molecule has 19 heavy (non-hydrogen) atoms. The lowest BCUT2D eigenvalue weighted by Crippen LogP contribution is -2.48. The molecule has 0 aliphatic rings. The number of aliphatic hydroxyl groups excluding tert-OH is 5. The van der Waals surface area contributed by atoms with Crippen LogP contribution >= 0.6 is 51.8 Å². The van der Waals surface area contributed by atoms with E-state index in [-0.39, 0.29) is 37.9 Å². The number of thiol groups is 1. The molecule has 0 fully saturated rings. The van der Waals surface area contributed by atoms with E-state index in [1.54, 1.807) is 7.05 Å². The van der Waals surface area contributed by atoms with Gasteiger partial charge < -0.3 is 36.6 Å². The summed E-state index contributed by atoms with van der Waals surface area (Å²) in [5.41, 5.74) is 4.71. The number of thiocarbonyl (C=S) groups is 1. The molecule has 0 rings (SSSR count). The molecule has 0 aromatic carbocycles. The number of likely N-dealkylation sites (N-methyl/N-ethyl adjacent to an activating group) is 1. The van der Waals surface area contributed by atoms with Crippen LogP contribution in [0.15, 0.2) is 0 Å². The minimum Gasteiger partial charge on any atom is -0.394 e. The second kappa shape index (κ2) is 16.8. The van der Waals surface area contributed by atoms with Crippen LogP contribution < -0.4 is 11.1 Å². The van der Waals surface area contributed by atoms with Crippen LogP contribution in [0.3, 0.4) is 0 Å². The molecule has 0 unspecified atom stereocenters. The highest BCUT2D eigenvalue weighted by Crippen LogP contribution is 2.04. The lowest BCUT2D eigenvalue weighted by atomic mass is 10.0. The molecule has 7 nitrogen and oxygen atoms in total. The summed E-state index contributed by atoms with van der Waals surface area (Å²) >= 11 is 7.65. The minimum atomic E-state index is -1.55. The van der Waals surface area contributed by atoms with Gasteiger partial charge in [0, 0.05) is 6.54 Å². The van der Waals surface area contributed by atoms with Crippen molar-refractivity contribution in [3.8, 4) is 0 Å². The Morgan fingerprint density at radius 3 is 1.74 bits per heavy atom. The first-order valence-corrected chi connectivity index (χ1v) is 5.59. The van der Waals surface area contributed by atoms with E-state index in [4.69, 9.17) is 26.2 Å². The molecule has 0 aromatic heterocycles. The van der Waals surface area contributed by atoms with E-state index in [9.17, 15) is 5.11 Å². The SMILES string of the molecule is CNC[C@H](O)[C@@H](O)[C@H](O)[C@H](O)CO.NC(=S)S.S.S. The summed E-state index contributed by atoms with van der Waals surface area (Å²) in [6.45, 7) is -0.569. The van der Waals surface area contributed by atoms with E-state index >= 15 is 0 Å². The van der Waals surface area contributed by atoms with Crippen molar-refractivity contribution in [2.24, 2.45) is 5.73 Å². The molecular formula is C8H24N2O5S4. The molecule has 0 aliphatic heterocycles. The Hall–Kier alpha value is 0.700. The van der Waals surface area contributed by atoms with E-state index < -0.39 is 31.0 Å². The highest BCUT2D eigenvalue weighted by molar-refractivity contribution is 8.10. The van der Waals surface area contributed by atoms with Gasteiger partial charge in [-0.25, -0.2) is 0 Å². The molecular weight excluding hydrogens is 332 g/mol. The lowest BCUT2D eigenvalue weighted by Gasteiger charge is -2.25. The Morgan fingerprint density at radius 2 is 1.47 bits per heavy atom.